The highest BCUT2D eigenvalue weighted by Gasteiger charge is 2.20. The van der Waals surface area contributed by atoms with Gasteiger partial charge in [-0.25, -0.2) is 13.4 Å². The van der Waals surface area contributed by atoms with Crippen LogP contribution in [-0.2, 0) is 9.84 Å². The van der Waals surface area contributed by atoms with Gasteiger partial charge in [-0.2, -0.15) is 0 Å². The molecule has 4 rings (SSSR count). The molecular formula is C21H17ClN2O3S2. The number of sulfone groups is 1. The molecule has 0 spiro atoms. The van der Waals surface area contributed by atoms with Crippen LogP contribution in [0.2, 0.25) is 5.02 Å². The van der Waals surface area contributed by atoms with Crippen LogP contribution in [0.5, 0.6) is 0 Å². The molecule has 148 valence electrons. The molecule has 1 aromatic heterocycles. The Morgan fingerprint density at radius 1 is 1.07 bits per heavy atom. The average molecular weight is 445 g/mol. The third kappa shape index (κ3) is 4.63. The molecule has 29 heavy (non-hydrogen) atoms. The summed E-state index contributed by atoms with van der Waals surface area (Å²) < 4.78 is 29.6. The van der Waals surface area contributed by atoms with Crippen molar-refractivity contribution in [2.45, 2.75) is 21.3 Å². The minimum atomic E-state index is -3.27. The van der Waals surface area contributed by atoms with Gasteiger partial charge in [0, 0.05) is 28.3 Å². The van der Waals surface area contributed by atoms with E-state index in [1.807, 2.05) is 36.4 Å². The molecule has 2 heterocycles. The van der Waals surface area contributed by atoms with Crippen molar-refractivity contribution in [2.75, 3.05) is 12.8 Å². The van der Waals surface area contributed by atoms with Crippen LogP contribution in [0.15, 0.2) is 85.0 Å². The van der Waals surface area contributed by atoms with Gasteiger partial charge in [-0.05, 0) is 60.7 Å². The average Bonchev–Trinajstić information content (AvgIpc) is 3.14. The summed E-state index contributed by atoms with van der Waals surface area (Å²) >= 11 is 7.41. The second-order valence-corrected chi connectivity index (χ2v) is 9.96. The van der Waals surface area contributed by atoms with E-state index in [2.05, 4.69) is 9.98 Å². The van der Waals surface area contributed by atoms with Crippen molar-refractivity contribution in [1.82, 2.24) is 4.98 Å². The lowest BCUT2D eigenvalue weighted by molar-refractivity contribution is 0.463. The Morgan fingerprint density at radius 2 is 1.79 bits per heavy atom. The lowest BCUT2D eigenvalue weighted by atomic mass is 10.2. The minimum absolute atomic E-state index is 0.261. The summed E-state index contributed by atoms with van der Waals surface area (Å²) in [5.74, 6) is 0.444. The van der Waals surface area contributed by atoms with Gasteiger partial charge in [0.05, 0.1) is 4.90 Å². The summed E-state index contributed by atoms with van der Waals surface area (Å²) in [6.45, 7) is 0.701. The molecule has 0 bridgehead atoms. The molecule has 2 aromatic carbocycles. The van der Waals surface area contributed by atoms with Crippen LogP contribution in [0, 0.1) is 0 Å². The van der Waals surface area contributed by atoms with E-state index in [0.717, 1.165) is 16.9 Å². The largest absolute Gasteiger partial charge is 0.427 e. The maximum atomic E-state index is 11.8. The Labute approximate surface area is 178 Å². The Kier molecular flexibility index (Phi) is 5.63. The summed E-state index contributed by atoms with van der Waals surface area (Å²) in [6.07, 6.45) is 6.03. The van der Waals surface area contributed by atoms with Crippen molar-refractivity contribution in [3.63, 3.8) is 0 Å². The van der Waals surface area contributed by atoms with Crippen molar-refractivity contribution < 1.29 is 12.8 Å². The molecule has 0 saturated heterocycles. The van der Waals surface area contributed by atoms with Gasteiger partial charge >= 0.3 is 0 Å². The van der Waals surface area contributed by atoms with Crippen molar-refractivity contribution in [3.05, 3.63) is 71.6 Å². The number of aromatic nitrogens is 1. The Balaban J connectivity index is 1.76. The van der Waals surface area contributed by atoms with Crippen molar-refractivity contribution in [1.29, 1.82) is 0 Å². The summed E-state index contributed by atoms with van der Waals surface area (Å²) in [5, 5.41) is 1.27. The molecule has 0 amide bonds. The topological polar surface area (TPSA) is 72.5 Å². The zero-order valence-electron chi connectivity index (χ0n) is 15.5. The summed E-state index contributed by atoms with van der Waals surface area (Å²) in [7, 11) is -3.27. The number of oxazole rings is 1. The highest BCUT2D eigenvalue weighted by Crippen LogP contribution is 2.37. The molecule has 0 fully saturated rings. The van der Waals surface area contributed by atoms with E-state index in [4.69, 9.17) is 16.0 Å². The van der Waals surface area contributed by atoms with Crippen LogP contribution in [0.25, 0.3) is 11.3 Å². The Bertz CT molecular complexity index is 1200. The lowest BCUT2D eigenvalue weighted by Crippen LogP contribution is -2.02. The molecular weight excluding hydrogens is 428 g/mol. The zero-order valence-corrected chi connectivity index (χ0v) is 17.9. The molecule has 0 N–H and O–H groups in total. The molecule has 0 unspecified atom stereocenters. The van der Waals surface area contributed by atoms with Crippen LogP contribution >= 0.6 is 23.4 Å². The molecule has 8 heteroatoms. The first-order valence-corrected chi connectivity index (χ1v) is 11.9. The third-order valence-corrected chi connectivity index (χ3v) is 6.60. The number of allylic oxidation sites excluding steroid dienone is 1. The highest BCUT2D eigenvalue weighted by molar-refractivity contribution is 7.99. The molecule has 0 atom stereocenters. The SMILES string of the molecule is CS(=O)(=O)c1ccc(-c2nc(C3=NCCC=C3)oc2Sc2ccc(Cl)cc2)cc1. The number of benzene rings is 2. The van der Waals surface area contributed by atoms with Crippen molar-refractivity contribution in [2.24, 2.45) is 4.99 Å². The van der Waals surface area contributed by atoms with Crippen LogP contribution in [0.3, 0.4) is 0 Å². The van der Waals surface area contributed by atoms with E-state index < -0.39 is 9.84 Å². The van der Waals surface area contributed by atoms with E-state index in [1.54, 1.807) is 24.3 Å². The van der Waals surface area contributed by atoms with Crippen LogP contribution in [0.1, 0.15) is 12.3 Å². The van der Waals surface area contributed by atoms with Crippen LogP contribution < -0.4 is 0 Å². The molecule has 5 nitrogen and oxygen atoms in total. The fourth-order valence-corrected chi connectivity index (χ4v) is 4.41. The first-order chi connectivity index (χ1) is 13.9. The number of dihydropyridines is 1. The van der Waals surface area contributed by atoms with E-state index >= 15 is 0 Å². The highest BCUT2D eigenvalue weighted by atomic mass is 35.5. The van der Waals surface area contributed by atoms with E-state index in [-0.39, 0.29) is 4.90 Å². The monoisotopic (exact) mass is 444 g/mol. The molecule has 0 radical (unpaired) electrons. The van der Waals surface area contributed by atoms with Gasteiger partial charge in [0.25, 0.3) is 0 Å². The maximum absolute atomic E-state index is 11.8. The molecule has 1 aliphatic rings. The number of rotatable bonds is 5. The molecule has 0 saturated carbocycles. The number of hydrogen-bond donors (Lipinski definition) is 0. The number of nitrogens with zero attached hydrogens (tertiary/aromatic N) is 2. The van der Waals surface area contributed by atoms with Crippen LogP contribution in [0.4, 0.5) is 0 Å². The van der Waals surface area contributed by atoms with Gasteiger partial charge in [-0.3, -0.25) is 4.99 Å². The fourth-order valence-electron chi connectivity index (χ4n) is 2.78. The Hall–Kier alpha value is -2.35. The third-order valence-electron chi connectivity index (χ3n) is 4.25. The van der Waals surface area contributed by atoms with E-state index in [0.29, 0.717) is 34.0 Å². The first-order valence-electron chi connectivity index (χ1n) is 8.86. The summed E-state index contributed by atoms with van der Waals surface area (Å²) in [5.41, 5.74) is 2.11. The van der Waals surface area contributed by atoms with Gasteiger partial charge in [0.15, 0.2) is 14.9 Å². The molecule has 3 aromatic rings. The molecule has 0 aliphatic carbocycles. The second kappa shape index (κ2) is 8.18. The van der Waals surface area contributed by atoms with Crippen molar-refractivity contribution >= 4 is 38.9 Å². The maximum Gasteiger partial charge on any atom is 0.246 e. The summed E-state index contributed by atoms with van der Waals surface area (Å²) in [4.78, 5) is 10.4. The van der Waals surface area contributed by atoms with E-state index in [1.165, 1.54) is 18.0 Å². The Morgan fingerprint density at radius 3 is 2.41 bits per heavy atom. The van der Waals surface area contributed by atoms with Gasteiger partial charge in [-0.1, -0.05) is 29.8 Å². The van der Waals surface area contributed by atoms with Gasteiger partial charge in [-0.15, -0.1) is 0 Å². The predicted octanol–water partition coefficient (Wildman–Crippen LogP) is 5.30. The van der Waals surface area contributed by atoms with Crippen LogP contribution in [-0.4, -0.2) is 31.9 Å². The second-order valence-electron chi connectivity index (χ2n) is 6.47. The van der Waals surface area contributed by atoms with Gasteiger partial charge in [0.1, 0.15) is 11.4 Å². The van der Waals surface area contributed by atoms with E-state index in [9.17, 15) is 8.42 Å². The summed E-state index contributed by atoms with van der Waals surface area (Å²) in [6, 6.07) is 14.1. The smallest absolute Gasteiger partial charge is 0.246 e. The lowest BCUT2D eigenvalue weighted by Gasteiger charge is -2.03. The number of hydrogen-bond acceptors (Lipinski definition) is 6. The normalized spacial score (nSPS) is 14.1. The zero-order chi connectivity index (χ0) is 20.4. The standard InChI is InChI=1S/C21H17ClN2O3S2/c1-29(25,26)17-11-5-14(6-12-17)19-21(28-16-9-7-15(22)8-10-16)27-20(24-19)18-4-2-3-13-23-18/h2,4-12H,3,13H2,1H3. The predicted molar refractivity (Wildman–Crippen MR) is 116 cm³/mol. The first kappa shape index (κ1) is 19.9. The van der Waals surface area contributed by atoms with Gasteiger partial charge in [0.2, 0.25) is 5.89 Å². The number of aliphatic imine (C=N–C) groups is 1. The van der Waals surface area contributed by atoms with Crippen molar-refractivity contribution in [3.8, 4) is 11.3 Å². The quantitative estimate of drug-likeness (QED) is 0.534. The fraction of sp³-hybridized carbons (Fsp3) is 0.143. The number of halogens is 1. The molecule has 1 aliphatic heterocycles. The van der Waals surface area contributed by atoms with Gasteiger partial charge < -0.3 is 4.42 Å². The minimum Gasteiger partial charge on any atom is -0.427 e.